The van der Waals surface area contributed by atoms with E-state index in [0.717, 1.165) is 5.56 Å². The van der Waals surface area contributed by atoms with Crippen molar-refractivity contribution in [1.82, 2.24) is 0 Å². The number of hydrogen-bond acceptors (Lipinski definition) is 3. The van der Waals surface area contributed by atoms with E-state index >= 15 is 0 Å². The Morgan fingerprint density at radius 1 is 1.17 bits per heavy atom. The van der Waals surface area contributed by atoms with Crippen molar-refractivity contribution in [2.75, 3.05) is 12.4 Å². The first kappa shape index (κ1) is 16.1. The smallest absolute Gasteiger partial charge is 0.394 e. The quantitative estimate of drug-likeness (QED) is 0.662. The molecule has 0 fully saturated rings. The van der Waals surface area contributed by atoms with Crippen LogP contribution in [-0.4, -0.2) is 24.0 Å². The van der Waals surface area contributed by atoms with E-state index in [1.807, 2.05) is 32.9 Å². The summed E-state index contributed by atoms with van der Waals surface area (Å²) in [6.45, 7) is 6.00. The summed E-state index contributed by atoms with van der Waals surface area (Å²) in [5.74, 6) is -2.50. The van der Waals surface area contributed by atoms with Gasteiger partial charge in [0.1, 0.15) is 0 Å². The number of rotatable bonds is 1. The lowest BCUT2D eigenvalue weighted by Crippen LogP contribution is -2.24. The van der Waals surface area contributed by atoms with Gasteiger partial charge >= 0.3 is 11.9 Å². The van der Waals surface area contributed by atoms with Crippen molar-refractivity contribution in [1.29, 1.82) is 0 Å². The minimum atomic E-state index is -1.48. The molecule has 5 nitrogen and oxygen atoms in total. The van der Waals surface area contributed by atoms with Crippen molar-refractivity contribution in [3.05, 3.63) is 29.8 Å². The Balaban J connectivity index is 0.00000137. The molecule has 1 aromatic rings. The summed E-state index contributed by atoms with van der Waals surface area (Å²) in [4.78, 5) is 21.5. The maximum Gasteiger partial charge on any atom is 0.394 e. The van der Waals surface area contributed by atoms with Crippen LogP contribution in [0.4, 0.5) is 5.69 Å². The monoisotopic (exact) mass is 252 g/mol. The van der Waals surface area contributed by atoms with Crippen LogP contribution >= 0.6 is 0 Å². The van der Waals surface area contributed by atoms with Crippen LogP contribution in [0.15, 0.2) is 24.3 Å². The second-order valence-corrected chi connectivity index (χ2v) is 4.55. The van der Waals surface area contributed by atoms with E-state index in [0.29, 0.717) is 5.69 Å². The van der Waals surface area contributed by atoms with Crippen molar-refractivity contribution in [2.45, 2.75) is 26.2 Å². The minimum absolute atomic E-state index is 0.150. The lowest BCUT2D eigenvalue weighted by molar-refractivity contribution is -0.147. The van der Waals surface area contributed by atoms with Crippen LogP contribution in [0.3, 0.4) is 0 Å². The molecule has 1 aromatic carbocycles. The van der Waals surface area contributed by atoms with E-state index in [1.54, 1.807) is 12.1 Å². The van der Waals surface area contributed by atoms with Gasteiger partial charge in [-0.15, -0.1) is 0 Å². The van der Waals surface area contributed by atoms with Crippen LogP contribution in [0.25, 0.3) is 0 Å². The van der Waals surface area contributed by atoms with Crippen LogP contribution in [0, 0.1) is 0 Å². The Bertz CT molecular complexity index is 422. The summed E-state index contributed by atoms with van der Waals surface area (Å²) < 4.78 is 0. The van der Waals surface area contributed by atoms with Gasteiger partial charge in [0.2, 0.25) is 0 Å². The number of carboxylic acid groups (broad SMARTS) is 1. The predicted octanol–water partition coefficient (Wildman–Crippen LogP) is 1.58. The lowest BCUT2D eigenvalue weighted by Gasteiger charge is -2.22. The number of carboxylic acids is 1. The lowest BCUT2D eigenvalue weighted by atomic mass is 9.86. The van der Waals surface area contributed by atoms with Crippen LogP contribution in [0.2, 0.25) is 0 Å². The molecule has 18 heavy (non-hydrogen) atoms. The van der Waals surface area contributed by atoms with Gasteiger partial charge in [-0.3, -0.25) is 4.79 Å². The van der Waals surface area contributed by atoms with Crippen molar-refractivity contribution in [3.8, 4) is 0 Å². The van der Waals surface area contributed by atoms with Crippen LogP contribution in [0.1, 0.15) is 26.3 Å². The standard InChI is InChI=1S/C12H15NO3.CH5N/c1-12(2,3)8-6-4-5-7-9(8)13-10(14)11(15)16;1-2/h4-7H,1-3H3,(H,13,14)(H,15,16);2H2,1H3. The third-order valence-corrected chi connectivity index (χ3v) is 2.18. The Kier molecular flexibility index (Phi) is 6.05. The van der Waals surface area contributed by atoms with Crippen LogP contribution in [-0.2, 0) is 15.0 Å². The van der Waals surface area contributed by atoms with Crippen molar-refractivity contribution in [2.24, 2.45) is 5.73 Å². The molecule has 1 rings (SSSR count). The summed E-state index contributed by atoms with van der Waals surface area (Å²) in [5, 5.41) is 10.9. The molecular formula is C13H20N2O3. The van der Waals surface area contributed by atoms with Gasteiger partial charge in [-0.2, -0.15) is 0 Å². The fourth-order valence-electron chi connectivity index (χ4n) is 1.42. The van der Waals surface area contributed by atoms with Crippen molar-refractivity contribution >= 4 is 17.6 Å². The fourth-order valence-corrected chi connectivity index (χ4v) is 1.42. The Hall–Kier alpha value is -1.88. The molecular weight excluding hydrogens is 232 g/mol. The van der Waals surface area contributed by atoms with E-state index < -0.39 is 11.9 Å². The predicted molar refractivity (Wildman–Crippen MR) is 71.5 cm³/mol. The number of hydrogen-bond donors (Lipinski definition) is 3. The number of carbonyl (C=O) groups excluding carboxylic acids is 1. The number of aliphatic carboxylic acids is 1. The number of nitrogens with two attached hydrogens (primary N) is 1. The van der Waals surface area contributed by atoms with Gasteiger partial charge in [-0.25, -0.2) is 4.79 Å². The molecule has 0 saturated heterocycles. The summed E-state index contributed by atoms with van der Waals surface area (Å²) >= 11 is 0. The Labute approximate surface area is 107 Å². The molecule has 4 N–H and O–H groups in total. The van der Waals surface area contributed by atoms with Gasteiger partial charge < -0.3 is 16.2 Å². The molecule has 5 heteroatoms. The van der Waals surface area contributed by atoms with E-state index in [2.05, 4.69) is 11.1 Å². The average Bonchev–Trinajstić information content (AvgIpc) is 2.30. The fraction of sp³-hybridized carbons (Fsp3) is 0.385. The molecule has 0 unspecified atom stereocenters. The zero-order valence-electron chi connectivity index (χ0n) is 11.2. The number of para-hydroxylation sites is 1. The van der Waals surface area contributed by atoms with Crippen molar-refractivity contribution < 1.29 is 14.7 Å². The van der Waals surface area contributed by atoms with Crippen LogP contribution < -0.4 is 11.1 Å². The molecule has 0 aliphatic rings. The van der Waals surface area contributed by atoms with Gasteiger partial charge in [-0.1, -0.05) is 39.0 Å². The summed E-state index contributed by atoms with van der Waals surface area (Å²) in [7, 11) is 1.50. The van der Waals surface area contributed by atoms with E-state index in [9.17, 15) is 9.59 Å². The molecule has 0 bridgehead atoms. The number of nitrogens with one attached hydrogen (secondary N) is 1. The average molecular weight is 252 g/mol. The Morgan fingerprint density at radius 3 is 2.11 bits per heavy atom. The third-order valence-electron chi connectivity index (χ3n) is 2.18. The zero-order valence-corrected chi connectivity index (χ0v) is 11.2. The molecule has 100 valence electrons. The molecule has 0 atom stereocenters. The van der Waals surface area contributed by atoms with Gasteiger partial charge in [0.25, 0.3) is 0 Å². The highest BCUT2D eigenvalue weighted by molar-refractivity contribution is 6.36. The van der Waals surface area contributed by atoms with E-state index in [4.69, 9.17) is 5.11 Å². The first-order valence-electron chi connectivity index (χ1n) is 5.54. The topological polar surface area (TPSA) is 92.4 Å². The minimum Gasteiger partial charge on any atom is -0.474 e. The summed E-state index contributed by atoms with van der Waals surface area (Å²) in [6, 6.07) is 7.18. The molecule has 0 heterocycles. The first-order chi connectivity index (χ1) is 8.32. The number of carbonyl (C=O) groups is 2. The van der Waals surface area contributed by atoms with E-state index in [-0.39, 0.29) is 5.41 Å². The molecule has 0 spiro atoms. The highest BCUT2D eigenvalue weighted by Gasteiger charge is 2.20. The maximum atomic E-state index is 11.1. The molecule has 0 saturated carbocycles. The normalized spacial score (nSPS) is 10.1. The number of amides is 1. The molecule has 0 aliphatic heterocycles. The second-order valence-electron chi connectivity index (χ2n) is 4.55. The molecule has 1 amide bonds. The van der Waals surface area contributed by atoms with E-state index in [1.165, 1.54) is 7.05 Å². The largest absolute Gasteiger partial charge is 0.474 e. The van der Waals surface area contributed by atoms with Crippen molar-refractivity contribution in [3.63, 3.8) is 0 Å². The molecule has 0 aliphatic carbocycles. The highest BCUT2D eigenvalue weighted by Crippen LogP contribution is 2.29. The van der Waals surface area contributed by atoms with Gasteiger partial charge in [0.05, 0.1) is 0 Å². The molecule has 0 radical (unpaired) electrons. The SMILES string of the molecule is CC(C)(C)c1ccccc1NC(=O)C(=O)O.CN. The number of benzene rings is 1. The molecule has 0 aromatic heterocycles. The van der Waals surface area contributed by atoms with Crippen LogP contribution in [0.5, 0.6) is 0 Å². The third kappa shape index (κ3) is 4.55. The zero-order chi connectivity index (χ0) is 14.3. The van der Waals surface area contributed by atoms with Gasteiger partial charge in [-0.05, 0) is 24.1 Å². The first-order valence-corrected chi connectivity index (χ1v) is 5.54. The number of anilines is 1. The highest BCUT2D eigenvalue weighted by atomic mass is 16.4. The van der Waals surface area contributed by atoms with Gasteiger partial charge in [0.15, 0.2) is 0 Å². The maximum absolute atomic E-state index is 11.1. The van der Waals surface area contributed by atoms with Gasteiger partial charge in [0, 0.05) is 5.69 Å². The second kappa shape index (κ2) is 6.76. The Morgan fingerprint density at radius 2 is 1.67 bits per heavy atom. The summed E-state index contributed by atoms with van der Waals surface area (Å²) in [6.07, 6.45) is 0. The summed E-state index contributed by atoms with van der Waals surface area (Å²) in [5.41, 5.74) is 5.80.